The number of nitrogens with one attached hydrogen (secondary N) is 1. The van der Waals surface area contributed by atoms with Gasteiger partial charge in [-0.1, -0.05) is 6.92 Å². The molecule has 21 heavy (non-hydrogen) atoms. The Morgan fingerprint density at radius 2 is 2.05 bits per heavy atom. The molecular formula is C14H24N2O5. The van der Waals surface area contributed by atoms with Crippen LogP contribution in [0.4, 0.5) is 4.79 Å². The van der Waals surface area contributed by atoms with Gasteiger partial charge in [0.15, 0.2) is 0 Å². The van der Waals surface area contributed by atoms with E-state index in [9.17, 15) is 14.4 Å². The van der Waals surface area contributed by atoms with E-state index in [1.165, 1.54) is 7.11 Å². The second-order valence-corrected chi connectivity index (χ2v) is 5.63. The SMILES string of the molecule is COC(=O)CC[C@@H](NC(=O)N1CCC(C)CC1C)C(=O)O. The van der Waals surface area contributed by atoms with Gasteiger partial charge < -0.3 is 20.1 Å². The third kappa shape index (κ3) is 5.24. The summed E-state index contributed by atoms with van der Waals surface area (Å²) in [5.74, 6) is -1.07. The van der Waals surface area contributed by atoms with Crippen molar-refractivity contribution >= 4 is 18.0 Å². The average Bonchev–Trinajstić information content (AvgIpc) is 2.42. The largest absolute Gasteiger partial charge is 0.480 e. The highest BCUT2D eigenvalue weighted by Crippen LogP contribution is 2.22. The fraction of sp³-hybridized carbons (Fsp3) is 0.786. The van der Waals surface area contributed by atoms with Gasteiger partial charge in [-0.15, -0.1) is 0 Å². The van der Waals surface area contributed by atoms with Crippen LogP contribution in [0.25, 0.3) is 0 Å². The molecule has 1 aliphatic rings. The van der Waals surface area contributed by atoms with Gasteiger partial charge in [0.2, 0.25) is 0 Å². The first-order valence-electron chi connectivity index (χ1n) is 7.21. The smallest absolute Gasteiger partial charge is 0.326 e. The number of likely N-dealkylation sites (tertiary alicyclic amines) is 1. The highest BCUT2D eigenvalue weighted by molar-refractivity contribution is 5.83. The minimum atomic E-state index is -1.15. The lowest BCUT2D eigenvalue weighted by Crippen LogP contribution is -2.53. The fourth-order valence-electron chi connectivity index (χ4n) is 2.56. The van der Waals surface area contributed by atoms with Crippen molar-refractivity contribution in [1.82, 2.24) is 10.2 Å². The first-order chi connectivity index (χ1) is 9.85. The molecule has 0 aromatic carbocycles. The van der Waals surface area contributed by atoms with E-state index >= 15 is 0 Å². The summed E-state index contributed by atoms with van der Waals surface area (Å²) in [6.45, 7) is 4.72. The lowest BCUT2D eigenvalue weighted by atomic mass is 9.94. The Hall–Kier alpha value is -1.79. The normalized spacial score (nSPS) is 23.3. The van der Waals surface area contributed by atoms with Crippen molar-refractivity contribution in [2.24, 2.45) is 5.92 Å². The molecule has 2 unspecified atom stereocenters. The lowest BCUT2D eigenvalue weighted by molar-refractivity contribution is -0.142. The van der Waals surface area contributed by atoms with E-state index < -0.39 is 18.0 Å². The quantitative estimate of drug-likeness (QED) is 0.744. The first kappa shape index (κ1) is 17.3. The number of ether oxygens (including phenoxy) is 1. The van der Waals surface area contributed by atoms with Crippen LogP contribution in [0.2, 0.25) is 0 Å². The van der Waals surface area contributed by atoms with E-state index in [4.69, 9.17) is 5.11 Å². The number of piperidine rings is 1. The van der Waals surface area contributed by atoms with Crippen LogP contribution in [-0.4, -0.2) is 53.7 Å². The Labute approximate surface area is 124 Å². The Morgan fingerprint density at radius 1 is 1.38 bits per heavy atom. The highest BCUT2D eigenvalue weighted by atomic mass is 16.5. The fourth-order valence-corrected chi connectivity index (χ4v) is 2.56. The van der Waals surface area contributed by atoms with Gasteiger partial charge in [-0.05, 0) is 32.1 Å². The van der Waals surface area contributed by atoms with Crippen LogP contribution in [0.3, 0.4) is 0 Å². The molecule has 1 aliphatic heterocycles. The molecule has 0 aromatic heterocycles. The van der Waals surface area contributed by atoms with E-state index in [0.717, 1.165) is 12.8 Å². The van der Waals surface area contributed by atoms with E-state index in [-0.39, 0.29) is 24.9 Å². The maximum Gasteiger partial charge on any atom is 0.326 e. The lowest BCUT2D eigenvalue weighted by Gasteiger charge is -2.37. The molecule has 120 valence electrons. The predicted octanol–water partition coefficient (Wildman–Crippen LogP) is 1.22. The maximum absolute atomic E-state index is 12.2. The molecule has 0 aliphatic carbocycles. The van der Waals surface area contributed by atoms with Crippen LogP contribution in [0.15, 0.2) is 0 Å². The van der Waals surface area contributed by atoms with Crippen molar-refractivity contribution < 1.29 is 24.2 Å². The van der Waals surface area contributed by atoms with Gasteiger partial charge in [-0.25, -0.2) is 9.59 Å². The van der Waals surface area contributed by atoms with Gasteiger partial charge >= 0.3 is 18.0 Å². The van der Waals surface area contributed by atoms with Crippen molar-refractivity contribution in [3.05, 3.63) is 0 Å². The second kappa shape index (κ2) is 7.85. The number of carboxylic acid groups (broad SMARTS) is 1. The molecule has 7 heteroatoms. The molecule has 2 N–H and O–H groups in total. The third-order valence-electron chi connectivity index (χ3n) is 3.86. The number of carbonyl (C=O) groups is 3. The topological polar surface area (TPSA) is 95.9 Å². The molecule has 7 nitrogen and oxygen atoms in total. The van der Waals surface area contributed by atoms with Crippen LogP contribution < -0.4 is 5.32 Å². The summed E-state index contributed by atoms with van der Waals surface area (Å²) in [5.41, 5.74) is 0. The summed E-state index contributed by atoms with van der Waals surface area (Å²) >= 11 is 0. The molecular weight excluding hydrogens is 276 g/mol. The van der Waals surface area contributed by atoms with Gasteiger partial charge in [0.1, 0.15) is 6.04 Å². The molecule has 1 saturated heterocycles. The number of nitrogens with zero attached hydrogens (tertiary/aromatic N) is 1. The Balaban J connectivity index is 2.56. The number of rotatable bonds is 5. The zero-order chi connectivity index (χ0) is 16.0. The molecule has 2 amide bonds. The Kier molecular flexibility index (Phi) is 6.45. The zero-order valence-electron chi connectivity index (χ0n) is 12.8. The zero-order valence-corrected chi connectivity index (χ0v) is 12.8. The number of carbonyl (C=O) groups excluding carboxylic acids is 2. The highest BCUT2D eigenvalue weighted by Gasteiger charge is 2.29. The molecule has 0 radical (unpaired) electrons. The van der Waals surface area contributed by atoms with Crippen LogP contribution in [0.1, 0.15) is 39.5 Å². The van der Waals surface area contributed by atoms with Crippen molar-refractivity contribution in [3.8, 4) is 0 Å². The number of urea groups is 1. The number of carboxylic acids is 1. The van der Waals surface area contributed by atoms with Crippen molar-refractivity contribution in [2.45, 2.75) is 51.6 Å². The number of hydrogen-bond acceptors (Lipinski definition) is 4. The van der Waals surface area contributed by atoms with Gasteiger partial charge in [-0.2, -0.15) is 0 Å². The number of methoxy groups -OCH3 is 1. The molecule has 1 rings (SSSR count). The Bertz CT molecular complexity index is 399. The molecule has 3 atom stereocenters. The van der Waals surface area contributed by atoms with Crippen molar-refractivity contribution in [3.63, 3.8) is 0 Å². The van der Waals surface area contributed by atoms with Crippen molar-refractivity contribution in [1.29, 1.82) is 0 Å². The monoisotopic (exact) mass is 300 g/mol. The number of aliphatic carboxylic acids is 1. The number of amides is 2. The second-order valence-electron chi connectivity index (χ2n) is 5.63. The Morgan fingerprint density at radius 3 is 2.57 bits per heavy atom. The predicted molar refractivity (Wildman–Crippen MR) is 75.8 cm³/mol. The van der Waals surface area contributed by atoms with Gasteiger partial charge in [0, 0.05) is 19.0 Å². The number of hydrogen-bond donors (Lipinski definition) is 2. The molecule has 0 spiro atoms. The van der Waals surface area contributed by atoms with Crippen LogP contribution in [0, 0.1) is 5.92 Å². The van der Waals surface area contributed by atoms with E-state index in [1.807, 2.05) is 6.92 Å². The summed E-state index contributed by atoms with van der Waals surface area (Å²) in [6.07, 6.45) is 1.80. The molecule has 0 bridgehead atoms. The molecule has 0 saturated carbocycles. The third-order valence-corrected chi connectivity index (χ3v) is 3.86. The van der Waals surface area contributed by atoms with E-state index in [0.29, 0.717) is 12.5 Å². The van der Waals surface area contributed by atoms with Crippen LogP contribution >= 0.6 is 0 Å². The summed E-state index contributed by atoms with van der Waals surface area (Å²) in [4.78, 5) is 36.1. The molecule has 1 heterocycles. The summed E-state index contributed by atoms with van der Waals surface area (Å²) < 4.78 is 4.48. The average molecular weight is 300 g/mol. The van der Waals surface area contributed by atoms with Gasteiger partial charge in [0.05, 0.1) is 7.11 Å². The molecule has 1 fully saturated rings. The summed E-state index contributed by atoms with van der Waals surface area (Å²) in [7, 11) is 1.24. The minimum Gasteiger partial charge on any atom is -0.480 e. The van der Waals surface area contributed by atoms with Gasteiger partial charge in [0.25, 0.3) is 0 Å². The van der Waals surface area contributed by atoms with Crippen LogP contribution in [-0.2, 0) is 14.3 Å². The first-order valence-corrected chi connectivity index (χ1v) is 7.21. The van der Waals surface area contributed by atoms with E-state index in [2.05, 4.69) is 17.0 Å². The van der Waals surface area contributed by atoms with E-state index in [1.54, 1.807) is 4.90 Å². The summed E-state index contributed by atoms with van der Waals surface area (Å²) in [5, 5.41) is 11.6. The maximum atomic E-state index is 12.2. The van der Waals surface area contributed by atoms with Crippen LogP contribution in [0.5, 0.6) is 0 Å². The molecule has 0 aromatic rings. The number of esters is 1. The standard InChI is InChI=1S/C14H24N2O5/c1-9-6-7-16(10(2)8-9)14(20)15-11(13(18)19)4-5-12(17)21-3/h9-11H,4-8H2,1-3H3,(H,15,20)(H,18,19)/t9?,10?,11-/m1/s1. The summed E-state index contributed by atoms with van der Waals surface area (Å²) in [6, 6.07) is -1.38. The van der Waals surface area contributed by atoms with Crippen molar-refractivity contribution in [2.75, 3.05) is 13.7 Å². The minimum absolute atomic E-state index is 0.0202. The van der Waals surface area contributed by atoms with Gasteiger partial charge in [-0.3, -0.25) is 4.79 Å².